The van der Waals surface area contributed by atoms with E-state index >= 15 is 0 Å². The molecule has 0 radical (unpaired) electrons. The number of nitrogens with zero attached hydrogens (tertiary/aromatic N) is 1. The fraction of sp³-hybridized carbons (Fsp3) is 0.778. The van der Waals surface area contributed by atoms with E-state index in [2.05, 4.69) is 10.5 Å². The van der Waals surface area contributed by atoms with Crippen molar-refractivity contribution in [2.75, 3.05) is 0 Å². The number of nitrogens with one attached hydrogen (secondary N) is 1. The molecular formula is C9H18N2O2. The molecule has 0 spiro atoms. The molecule has 0 fully saturated rings. The van der Waals surface area contributed by atoms with Crippen molar-refractivity contribution in [3.05, 3.63) is 0 Å². The molecule has 13 heavy (non-hydrogen) atoms. The SMILES string of the molecule is CC/C(C)=N/NC(=O)OC(C)(C)C. The first-order chi connectivity index (χ1) is 5.85. The average Bonchev–Trinajstić information content (AvgIpc) is 1.97. The van der Waals surface area contributed by atoms with Gasteiger partial charge in [-0.3, -0.25) is 0 Å². The number of amides is 1. The molecule has 0 aliphatic carbocycles. The van der Waals surface area contributed by atoms with Gasteiger partial charge in [-0.1, -0.05) is 6.92 Å². The summed E-state index contributed by atoms with van der Waals surface area (Å²) in [5.41, 5.74) is 2.71. The number of hydrazone groups is 1. The lowest BCUT2D eigenvalue weighted by Crippen LogP contribution is -2.30. The Balaban J connectivity index is 3.90. The largest absolute Gasteiger partial charge is 0.443 e. The molecule has 0 aromatic heterocycles. The van der Waals surface area contributed by atoms with Gasteiger partial charge in [-0.05, 0) is 34.1 Å². The van der Waals surface area contributed by atoms with Crippen molar-refractivity contribution in [1.82, 2.24) is 5.43 Å². The van der Waals surface area contributed by atoms with E-state index in [4.69, 9.17) is 4.74 Å². The van der Waals surface area contributed by atoms with Crippen LogP contribution in [0.5, 0.6) is 0 Å². The Kier molecular flexibility index (Phi) is 4.45. The van der Waals surface area contributed by atoms with Crippen LogP contribution in [0.1, 0.15) is 41.0 Å². The second-order valence-corrected chi connectivity index (χ2v) is 3.81. The molecule has 0 aliphatic rings. The summed E-state index contributed by atoms with van der Waals surface area (Å²) in [5, 5.41) is 3.82. The molecule has 4 heteroatoms. The lowest BCUT2D eigenvalue weighted by atomic mass is 10.2. The summed E-state index contributed by atoms with van der Waals surface area (Å²) in [6, 6.07) is 0. The quantitative estimate of drug-likeness (QED) is 0.531. The normalized spacial score (nSPS) is 12.5. The lowest BCUT2D eigenvalue weighted by Gasteiger charge is -2.18. The summed E-state index contributed by atoms with van der Waals surface area (Å²) in [4.78, 5) is 11.0. The molecule has 0 saturated carbocycles. The Morgan fingerprint density at radius 1 is 1.46 bits per heavy atom. The molecule has 76 valence electrons. The van der Waals surface area contributed by atoms with Gasteiger partial charge in [0.05, 0.1) is 0 Å². The Bertz CT molecular complexity index is 204. The molecule has 0 bridgehead atoms. The molecule has 1 amide bonds. The number of rotatable bonds is 2. The first-order valence-electron chi connectivity index (χ1n) is 4.37. The molecule has 0 aromatic carbocycles. The van der Waals surface area contributed by atoms with Crippen molar-refractivity contribution in [1.29, 1.82) is 0 Å². The molecule has 0 heterocycles. The van der Waals surface area contributed by atoms with E-state index in [0.29, 0.717) is 0 Å². The second-order valence-electron chi connectivity index (χ2n) is 3.81. The molecule has 0 atom stereocenters. The van der Waals surface area contributed by atoms with Crippen molar-refractivity contribution < 1.29 is 9.53 Å². The van der Waals surface area contributed by atoms with Crippen molar-refractivity contribution >= 4 is 11.8 Å². The molecule has 0 unspecified atom stereocenters. The van der Waals surface area contributed by atoms with E-state index < -0.39 is 11.7 Å². The third-order valence-electron chi connectivity index (χ3n) is 1.25. The fourth-order valence-electron chi connectivity index (χ4n) is 0.521. The summed E-state index contributed by atoms with van der Waals surface area (Å²) in [5.74, 6) is 0. The molecule has 4 nitrogen and oxygen atoms in total. The monoisotopic (exact) mass is 186 g/mol. The number of carbonyl (C=O) groups excluding carboxylic acids is 1. The van der Waals surface area contributed by atoms with Crippen LogP contribution in [0.3, 0.4) is 0 Å². The number of hydrogen-bond donors (Lipinski definition) is 1. The van der Waals surface area contributed by atoms with Crippen LogP contribution in [-0.2, 0) is 4.74 Å². The van der Waals surface area contributed by atoms with Gasteiger partial charge in [0.25, 0.3) is 0 Å². The maximum atomic E-state index is 11.0. The molecule has 0 saturated heterocycles. The minimum absolute atomic E-state index is 0.472. The van der Waals surface area contributed by atoms with E-state index in [0.717, 1.165) is 12.1 Å². The van der Waals surface area contributed by atoms with Crippen LogP contribution < -0.4 is 5.43 Å². The van der Waals surface area contributed by atoms with Gasteiger partial charge in [0.2, 0.25) is 0 Å². The van der Waals surface area contributed by atoms with Crippen molar-refractivity contribution in [2.24, 2.45) is 5.10 Å². The zero-order valence-corrected chi connectivity index (χ0v) is 8.97. The predicted octanol–water partition coefficient (Wildman–Crippen LogP) is 2.30. The van der Waals surface area contributed by atoms with Crippen LogP contribution in [0, 0.1) is 0 Å². The van der Waals surface area contributed by atoms with Gasteiger partial charge in [0, 0.05) is 5.71 Å². The summed E-state index contributed by atoms with van der Waals surface area (Å²) in [7, 11) is 0. The Hall–Kier alpha value is -1.06. The first-order valence-corrected chi connectivity index (χ1v) is 4.37. The molecular weight excluding hydrogens is 168 g/mol. The maximum Gasteiger partial charge on any atom is 0.428 e. The van der Waals surface area contributed by atoms with Gasteiger partial charge < -0.3 is 4.74 Å². The van der Waals surface area contributed by atoms with Crippen molar-refractivity contribution in [2.45, 2.75) is 46.6 Å². The van der Waals surface area contributed by atoms with E-state index in [1.807, 2.05) is 34.6 Å². The van der Waals surface area contributed by atoms with Crippen LogP contribution in [0.25, 0.3) is 0 Å². The Morgan fingerprint density at radius 3 is 2.38 bits per heavy atom. The highest BCUT2D eigenvalue weighted by Crippen LogP contribution is 2.06. The predicted molar refractivity (Wildman–Crippen MR) is 52.8 cm³/mol. The highest BCUT2D eigenvalue weighted by molar-refractivity contribution is 5.82. The smallest absolute Gasteiger partial charge is 0.428 e. The number of carbonyl (C=O) groups is 1. The summed E-state index contributed by atoms with van der Waals surface area (Å²) < 4.78 is 4.98. The molecule has 1 N–H and O–H groups in total. The first kappa shape index (κ1) is 11.9. The van der Waals surface area contributed by atoms with Gasteiger partial charge in [0.15, 0.2) is 0 Å². The van der Waals surface area contributed by atoms with E-state index in [1.54, 1.807) is 0 Å². The lowest BCUT2D eigenvalue weighted by molar-refractivity contribution is 0.0529. The minimum Gasteiger partial charge on any atom is -0.443 e. The van der Waals surface area contributed by atoms with Crippen LogP contribution in [-0.4, -0.2) is 17.4 Å². The van der Waals surface area contributed by atoms with Crippen LogP contribution in [0.4, 0.5) is 4.79 Å². The van der Waals surface area contributed by atoms with E-state index in [-0.39, 0.29) is 0 Å². The van der Waals surface area contributed by atoms with Gasteiger partial charge >= 0.3 is 6.09 Å². The highest BCUT2D eigenvalue weighted by Gasteiger charge is 2.15. The van der Waals surface area contributed by atoms with Gasteiger partial charge in [0.1, 0.15) is 5.60 Å². The van der Waals surface area contributed by atoms with Crippen LogP contribution in [0.2, 0.25) is 0 Å². The zero-order chi connectivity index (χ0) is 10.5. The third-order valence-corrected chi connectivity index (χ3v) is 1.25. The highest BCUT2D eigenvalue weighted by atomic mass is 16.6. The summed E-state index contributed by atoms with van der Waals surface area (Å²) in [6.07, 6.45) is 0.302. The minimum atomic E-state index is -0.514. The molecule has 0 aromatic rings. The summed E-state index contributed by atoms with van der Waals surface area (Å²) >= 11 is 0. The van der Waals surface area contributed by atoms with E-state index in [1.165, 1.54) is 0 Å². The van der Waals surface area contributed by atoms with Gasteiger partial charge in [-0.25, -0.2) is 10.2 Å². The maximum absolute atomic E-state index is 11.0. The van der Waals surface area contributed by atoms with Crippen molar-refractivity contribution in [3.8, 4) is 0 Å². The van der Waals surface area contributed by atoms with Crippen LogP contribution >= 0.6 is 0 Å². The Labute approximate surface area is 79.3 Å². The van der Waals surface area contributed by atoms with Crippen molar-refractivity contribution in [3.63, 3.8) is 0 Å². The topological polar surface area (TPSA) is 50.7 Å². The second kappa shape index (κ2) is 4.84. The standard InChI is InChI=1S/C9H18N2O2/c1-6-7(2)10-11-8(12)13-9(3,4)5/h6H2,1-5H3,(H,11,12)/b10-7+. The van der Waals surface area contributed by atoms with E-state index in [9.17, 15) is 4.79 Å². The fourth-order valence-corrected chi connectivity index (χ4v) is 0.521. The van der Waals surface area contributed by atoms with Gasteiger partial charge in [-0.2, -0.15) is 5.10 Å². The molecule has 0 rings (SSSR count). The third kappa shape index (κ3) is 7.31. The van der Waals surface area contributed by atoms with Crippen LogP contribution in [0.15, 0.2) is 5.10 Å². The Morgan fingerprint density at radius 2 is 2.00 bits per heavy atom. The molecule has 0 aliphatic heterocycles. The van der Waals surface area contributed by atoms with Gasteiger partial charge in [-0.15, -0.1) is 0 Å². The number of hydrogen-bond acceptors (Lipinski definition) is 3. The number of ether oxygens (including phenoxy) is 1. The summed E-state index contributed by atoms with van der Waals surface area (Å²) in [6.45, 7) is 9.24. The zero-order valence-electron chi connectivity index (χ0n) is 8.97. The average molecular weight is 186 g/mol.